The predicted octanol–water partition coefficient (Wildman–Crippen LogP) is 1.30. The molecule has 0 aliphatic carbocycles. The Hall–Kier alpha value is -0.205. The molecule has 0 aliphatic heterocycles. The zero-order valence-corrected chi connectivity index (χ0v) is 6.72. The van der Waals surface area contributed by atoms with Crippen molar-refractivity contribution < 1.29 is 0 Å². The number of hydrogen-bond donors (Lipinski definition) is 0. The van der Waals surface area contributed by atoms with Gasteiger partial charge in [-0.2, -0.15) is 0 Å². The maximum Gasteiger partial charge on any atom is 0.142 e. The lowest BCUT2D eigenvalue weighted by Crippen LogP contribution is -1.95. The van der Waals surface area contributed by atoms with Gasteiger partial charge < -0.3 is 0 Å². The van der Waals surface area contributed by atoms with E-state index < -0.39 is 0 Å². The first-order valence-electron chi connectivity index (χ1n) is 2.62. The molecule has 1 rings (SSSR count). The number of thiophene rings is 1. The molecule has 0 spiro atoms. The van der Waals surface area contributed by atoms with Gasteiger partial charge in [0.2, 0.25) is 0 Å². The van der Waals surface area contributed by atoms with E-state index in [4.69, 9.17) is 11.6 Å². The first-order valence-corrected chi connectivity index (χ1v) is 3.82. The third kappa shape index (κ3) is 1.38. The highest BCUT2D eigenvalue weighted by molar-refractivity contribution is 7.18. The smallest absolute Gasteiger partial charge is 0.125 e. The van der Waals surface area contributed by atoms with Crippen LogP contribution < -0.4 is 5.46 Å². The van der Waals surface area contributed by atoms with Crippen LogP contribution in [0, 0.1) is 0 Å². The van der Waals surface area contributed by atoms with E-state index in [1.807, 2.05) is 20.0 Å². The van der Waals surface area contributed by atoms with Crippen LogP contribution in [0.2, 0.25) is 4.34 Å². The summed E-state index contributed by atoms with van der Waals surface area (Å²) in [6, 6.07) is 2.03. The summed E-state index contributed by atoms with van der Waals surface area (Å²) in [4.78, 5) is 1.14. The molecule has 0 amide bonds. The fraction of sp³-hybridized carbons (Fsp3) is 0. The number of rotatable bonds is 1. The van der Waals surface area contributed by atoms with Gasteiger partial charge in [-0.1, -0.05) is 29.7 Å². The average Bonchev–Trinajstić information content (AvgIpc) is 2.13. The molecule has 9 heavy (non-hydrogen) atoms. The van der Waals surface area contributed by atoms with Crippen molar-refractivity contribution in [3.63, 3.8) is 0 Å². The molecule has 0 fully saturated rings. The average molecular weight is 156 g/mol. The highest BCUT2D eigenvalue weighted by atomic mass is 35.5. The third-order valence-electron chi connectivity index (χ3n) is 1.08. The summed E-state index contributed by atoms with van der Waals surface area (Å²) in [6.45, 7) is 3.64. The molecule has 0 saturated carbocycles. The van der Waals surface area contributed by atoms with Crippen molar-refractivity contribution in [2.75, 3.05) is 0 Å². The van der Waals surface area contributed by atoms with Gasteiger partial charge in [-0.3, -0.25) is 0 Å². The molecule has 0 radical (unpaired) electrons. The minimum Gasteiger partial charge on any atom is -0.125 e. The summed E-state index contributed by atoms with van der Waals surface area (Å²) >= 11 is 7.34. The van der Waals surface area contributed by atoms with E-state index in [2.05, 4.69) is 6.58 Å². The Labute approximate surface area is 64.6 Å². The van der Waals surface area contributed by atoms with Crippen molar-refractivity contribution in [1.82, 2.24) is 0 Å². The SMILES string of the molecule is Bc1cc(C=C)sc1Cl. The van der Waals surface area contributed by atoms with Gasteiger partial charge in [0.15, 0.2) is 0 Å². The largest absolute Gasteiger partial charge is 0.142 e. The summed E-state index contributed by atoms with van der Waals surface area (Å²) in [6.07, 6.45) is 1.81. The molecular weight excluding hydrogens is 150 g/mol. The summed E-state index contributed by atoms with van der Waals surface area (Å²) < 4.78 is 0.866. The second-order valence-corrected chi connectivity index (χ2v) is 3.50. The van der Waals surface area contributed by atoms with Crippen LogP contribution >= 0.6 is 22.9 Å². The Bertz CT molecular complexity index is 209. The maximum atomic E-state index is 5.78. The summed E-state index contributed by atoms with van der Waals surface area (Å²) in [5.41, 5.74) is 1.14. The molecule has 0 bridgehead atoms. The second-order valence-electron chi connectivity index (χ2n) is 1.81. The van der Waals surface area contributed by atoms with E-state index in [9.17, 15) is 0 Å². The van der Waals surface area contributed by atoms with Crippen LogP contribution in [0.15, 0.2) is 12.6 Å². The third-order valence-corrected chi connectivity index (χ3v) is 2.63. The highest BCUT2D eigenvalue weighted by Crippen LogP contribution is 2.18. The van der Waals surface area contributed by atoms with Crippen LogP contribution in [0.4, 0.5) is 0 Å². The minimum absolute atomic E-state index is 0.866. The minimum atomic E-state index is 0.866. The Kier molecular flexibility index (Phi) is 1.99. The topological polar surface area (TPSA) is 0 Å². The first-order chi connectivity index (χ1) is 4.24. The van der Waals surface area contributed by atoms with Gasteiger partial charge in [-0.25, -0.2) is 0 Å². The highest BCUT2D eigenvalue weighted by Gasteiger charge is 1.97. The first kappa shape index (κ1) is 6.91. The van der Waals surface area contributed by atoms with E-state index in [0.29, 0.717) is 0 Å². The summed E-state index contributed by atoms with van der Waals surface area (Å²) in [7, 11) is 1.99. The van der Waals surface area contributed by atoms with E-state index in [-0.39, 0.29) is 0 Å². The predicted molar refractivity (Wildman–Crippen MR) is 47.6 cm³/mol. The molecule has 0 aliphatic rings. The van der Waals surface area contributed by atoms with Crippen molar-refractivity contribution in [3.05, 3.63) is 21.9 Å². The van der Waals surface area contributed by atoms with E-state index in [1.54, 1.807) is 11.3 Å². The van der Waals surface area contributed by atoms with Gasteiger partial charge in [0, 0.05) is 4.88 Å². The molecule has 46 valence electrons. The molecular formula is C6H6BClS. The van der Waals surface area contributed by atoms with Gasteiger partial charge >= 0.3 is 0 Å². The lowest BCUT2D eigenvalue weighted by molar-refractivity contribution is 2.05. The molecule has 1 aromatic rings. The van der Waals surface area contributed by atoms with Crippen molar-refractivity contribution in [2.24, 2.45) is 0 Å². The van der Waals surface area contributed by atoms with E-state index >= 15 is 0 Å². The van der Waals surface area contributed by atoms with Crippen molar-refractivity contribution in [3.8, 4) is 0 Å². The normalized spacial score (nSPS) is 9.44. The molecule has 1 heterocycles. The molecule has 0 unspecified atom stereocenters. The van der Waals surface area contributed by atoms with Crippen molar-refractivity contribution in [2.45, 2.75) is 0 Å². The van der Waals surface area contributed by atoms with Crippen LogP contribution in [0.1, 0.15) is 4.88 Å². The number of halogens is 1. The lowest BCUT2D eigenvalue weighted by Gasteiger charge is -1.76. The van der Waals surface area contributed by atoms with Crippen LogP contribution in [0.5, 0.6) is 0 Å². The van der Waals surface area contributed by atoms with Crippen LogP contribution in [-0.2, 0) is 0 Å². The van der Waals surface area contributed by atoms with Crippen LogP contribution in [0.3, 0.4) is 0 Å². The monoisotopic (exact) mass is 156 g/mol. The Balaban J connectivity index is 3.11. The quantitative estimate of drug-likeness (QED) is 0.538. The summed E-state index contributed by atoms with van der Waals surface area (Å²) in [5, 5.41) is 0. The Morgan fingerprint density at radius 2 is 2.44 bits per heavy atom. The zero-order chi connectivity index (χ0) is 6.85. The molecule has 1 aromatic heterocycles. The van der Waals surface area contributed by atoms with Crippen LogP contribution in [0.25, 0.3) is 6.08 Å². The fourth-order valence-corrected chi connectivity index (χ4v) is 1.65. The van der Waals surface area contributed by atoms with Crippen LogP contribution in [-0.4, -0.2) is 7.85 Å². The fourth-order valence-electron chi connectivity index (χ4n) is 0.584. The lowest BCUT2D eigenvalue weighted by atomic mass is 10.0. The maximum absolute atomic E-state index is 5.78. The Morgan fingerprint density at radius 3 is 2.67 bits per heavy atom. The van der Waals surface area contributed by atoms with Crippen molar-refractivity contribution >= 4 is 42.3 Å². The molecule has 0 nitrogen and oxygen atoms in total. The molecule has 3 heteroatoms. The molecule has 0 N–H and O–H groups in total. The van der Waals surface area contributed by atoms with E-state index in [1.165, 1.54) is 0 Å². The zero-order valence-electron chi connectivity index (χ0n) is 5.15. The van der Waals surface area contributed by atoms with E-state index in [0.717, 1.165) is 14.7 Å². The standard InChI is InChI=1S/C6H6BClS/c1-2-4-3-5(7)6(8)9-4/h2-3H,1,7H2. The molecule has 0 aromatic carbocycles. The molecule has 0 atom stereocenters. The molecule has 0 saturated heterocycles. The van der Waals surface area contributed by atoms with Gasteiger partial charge in [0.1, 0.15) is 7.85 Å². The summed E-state index contributed by atoms with van der Waals surface area (Å²) in [5.74, 6) is 0. The van der Waals surface area contributed by atoms with Crippen molar-refractivity contribution in [1.29, 1.82) is 0 Å². The Morgan fingerprint density at radius 1 is 1.78 bits per heavy atom. The van der Waals surface area contributed by atoms with Gasteiger partial charge in [-0.15, -0.1) is 11.3 Å². The van der Waals surface area contributed by atoms with Gasteiger partial charge in [0.25, 0.3) is 0 Å². The van der Waals surface area contributed by atoms with Gasteiger partial charge in [0.05, 0.1) is 4.34 Å². The second kappa shape index (κ2) is 2.59. The van der Waals surface area contributed by atoms with Gasteiger partial charge in [-0.05, 0) is 6.07 Å². The number of hydrogen-bond acceptors (Lipinski definition) is 1.